The largest absolute Gasteiger partial charge is 0.325 e. The van der Waals surface area contributed by atoms with E-state index in [1.54, 1.807) is 6.07 Å². The highest BCUT2D eigenvalue weighted by Crippen LogP contribution is 2.26. The Labute approximate surface area is 139 Å². The van der Waals surface area contributed by atoms with Crippen LogP contribution < -0.4 is 10.6 Å². The van der Waals surface area contributed by atoms with E-state index in [1.807, 2.05) is 30.0 Å². The number of thioether (sulfide) groups is 1. The third-order valence-electron chi connectivity index (χ3n) is 4.13. The van der Waals surface area contributed by atoms with Crippen LogP contribution >= 0.6 is 11.8 Å². The average Bonchev–Trinajstić information content (AvgIpc) is 2.89. The molecule has 1 amide bonds. The molecule has 0 aliphatic carbocycles. The van der Waals surface area contributed by atoms with Crippen molar-refractivity contribution in [3.63, 3.8) is 0 Å². The molecule has 2 heterocycles. The minimum absolute atomic E-state index is 0.395. The first kappa shape index (κ1) is 16.7. The van der Waals surface area contributed by atoms with Gasteiger partial charge in [0, 0.05) is 43.2 Å². The smallest absolute Gasteiger partial charge is 0.262 e. The van der Waals surface area contributed by atoms with Crippen molar-refractivity contribution in [2.45, 2.75) is 24.9 Å². The Morgan fingerprint density at radius 2 is 2.17 bits per heavy atom. The number of carbonyl (C=O) groups excluding carboxylic acids is 1. The lowest BCUT2D eigenvalue weighted by Crippen LogP contribution is -2.35. The molecule has 126 valence electrons. The maximum Gasteiger partial charge on any atom is 0.262 e. The molecule has 7 heteroatoms. The standard InChI is InChI=1S/C16H21F2N3OS/c17-16(18)9-14(19-11-16)15(22)20-13-3-1-2-12(8-13)10-21-4-6-23-7-5-21/h1-3,8,14,19H,4-7,9-11H2,(H,20,22). The van der Waals surface area contributed by atoms with Crippen LogP contribution in [0.4, 0.5) is 14.5 Å². The van der Waals surface area contributed by atoms with Crippen molar-refractivity contribution in [2.24, 2.45) is 0 Å². The molecule has 0 spiro atoms. The van der Waals surface area contributed by atoms with Gasteiger partial charge < -0.3 is 5.32 Å². The van der Waals surface area contributed by atoms with E-state index >= 15 is 0 Å². The molecule has 1 aromatic carbocycles. The van der Waals surface area contributed by atoms with Crippen LogP contribution in [0.15, 0.2) is 24.3 Å². The first-order valence-electron chi connectivity index (χ1n) is 7.83. The molecule has 0 aromatic heterocycles. The predicted octanol–water partition coefficient (Wildman–Crippen LogP) is 2.17. The van der Waals surface area contributed by atoms with Crippen LogP contribution in [0.3, 0.4) is 0 Å². The molecular weight excluding hydrogens is 320 g/mol. The fourth-order valence-corrected chi connectivity index (χ4v) is 3.87. The van der Waals surface area contributed by atoms with Crippen LogP contribution in [0, 0.1) is 0 Å². The fourth-order valence-electron chi connectivity index (χ4n) is 2.90. The van der Waals surface area contributed by atoms with Gasteiger partial charge >= 0.3 is 0 Å². The van der Waals surface area contributed by atoms with E-state index in [0.29, 0.717) is 5.69 Å². The fraction of sp³-hybridized carbons (Fsp3) is 0.562. The second-order valence-corrected chi connectivity index (χ2v) is 7.30. The van der Waals surface area contributed by atoms with Gasteiger partial charge in [0.15, 0.2) is 0 Å². The van der Waals surface area contributed by atoms with E-state index < -0.39 is 30.8 Å². The second kappa shape index (κ2) is 7.15. The van der Waals surface area contributed by atoms with Gasteiger partial charge in [-0.15, -0.1) is 0 Å². The number of alkyl halides is 2. The summed E-state index contributed by atoms with van der Waals surface area (Å²) >= 11 is 1.97. The van der Waals surface area contributed by atoms with Crippen molar-refractivity contribution in [2.75, 3.05) is 36.5 Å². The zero-order chi connectivity index (χ0) is 16.3. The Kier molecular flexibility index (Phi) is 5.18. The molecule has 2 aliphatic heterocycles. The normalized spacial score (nSPS) is 24.5. The lowest BCUT2D eigenvalue weighted by atomic mass is 10.1. The Morgan fingerprint density at radius 1 is 1.39 bits per heavy atom. The molecule has 3 rings (SSSR count). The third kappa shape index (κ3) is 4.65. The van der Waals surface area contributed by atoms with Crippen molar-refractivity contribution in [1.29, 1.82) is 0 Å². The average molecular weight is 341 g/mol. The Bertz CT molecular complexity index is 564. The molecular formula is C16H21F2N3OS. The maximum atomic E-state index is 13.2. The molecule has 1 unspecified atom stereocenters. The van der Waals surface area contributed by atoms with Gasteiger partial charge in [0.2, 0.25) is 5.91 Å². The van der Waals surface area contributed by atoms with Crippen LogP contribution in [-0.4, -0.2) is 53.9 Å². The maximum absolute atomic E-state index is 13.2. The minimum Gasteiger partial charge on any atom is -0.325 e. The quantitative estimate of drug-likeness (QED) is 0.881. The number of hydrogen-bond acceptors (Lipinski definition) is 4. The predicted molar refractivity (Wildman–Crippen MR) is 89.0 cm³/mol. The molecule has 23 heavy (non-hydrogen) atoms. The van der Waals surface area contributed by atoms with Crippen LogP contribution in [0.1, 0.15) is 12.0 Å². The van der Waals surface area contributed by atoms with Gasteiger partial charge in [-0.05, 0) is 17.7 Å². The highest BCUT2D eigenvalue weighted by atomic mass is 32.2. The number of hydrogen-bond donors (Lipinski definition) is 2. The summed E-state index contributed by atoms with van der Waals surface area (Å²) in [6, 6.07) is 6.81. The van der Waals surface area contributed by atoms with Crippen molar-refractivity contribution in [3.8, 4) is 0 Å². The van der Waals surface area contributed by atoms with E-state index in [1.165, 1.54) is 0 Å². The van der Waals surface area contributed by atoms with Gasteiger partial charge in [-0.1, -0.05) is 12.1 Å². The summed E-state index contributed by atoms with van der Waals surface area (Å²) in [6.07, 6.45) is -0.441. The van der Waals surface area contributed by atoms with E-state index in [2.05, 4.69) is 15.5 Å². The zero-order valence-electron chi connectivity index (χ0n) is 12.9. The van der Waals surface area contributed by atoms with E-state index in [0.717, 1.165) is 36.7 Å². The zero-order valence-corrected chi connectivity index (χ0v) is 13.7. The van der Waals surface area contributed by atoms with E-state index in [4.69, 9.17) is 0 Å². The number of nitrogens with one attached hydrogen (secondary N) is 2. The number of benzene rings is 1. The number of carbonyl (C=O) groups is 1. The Balaban J connectivity index is 1.57. The van der Waals surface area contributed by atoms with Crippen LogP contribution in [0.2, 0.25) is 0 Å². The molecule has 2 fully saturated rings. The van der Waals surface area contributed by atoms with Gasteiger partial charge in [-0.25, -0.2) is 8.78 Å². The van der Waals surface area contributed by atoms with E-state index in [-0.39, 0.29) is 0 Å². The lowest BCUT2D eigenvalue weighted by molar-refractivity contribution is -0.118. The van der Waals surface area contributed by atoms with Gasteiger partial charge in [0.25, 0.3) is 5.92 Å². The number of nitrogens with zero attached hydrogens (tertiary/aromatic N) is 1. The van der Waals surface area contributed by atoms with Crippen LogP contribution in [0.5, 0.6) is 0 Å². The summed E-state index contributed by atoms with van der Waals surface area (Å²) < 4.78 is 26.3. The monoisotopic (exact) mass is 341 g/mol. The molecule has 1 aromatic rings. The van der Waals surface area contributed by atoms with Crippen molar-refractivity contribution >= 4 is 23.4 Å². The first-order chi connectivity index (χ1) is 11.0. The number of halogens is 2. The first-order valence-corrected chi connectivity index (χ1v) is 8.98. The van der Waals surface area contributed by atoms with Crippen molar-refractivity contribution in [1.82, 2.24) is 10.2 Å². The van der Waals surface area contributed by atoms with Gasteiger partial charge in [-0.3, -0.25) is 15.0 Å². The van der Waals surface area contributed by atoms with Crippen molar-refractivity contribution < 1.29 is 13.6 Å². The van der Waals surface area contributed by atoms with Gasteiger partial charge in [0.05, 0.1) is 12.6 Å². The minimum atomic E-state index is -2.80. The summed E-state index contributed by atoms with van der Waals surface area (Å²) in [6.45, 7) is 2.56. The van der Waals surface area contributed by atoms with Gasteiger partial charge in [0.1, 0.15) is 0 Å². The molecule has 1 atom stereocenters. The SMILES string of the molecule is O=C(Nc1cccc(CN2CCSCC2)c1)C1CC(F)(F)CN1. The summed E-state index contributed by atoms with van der Waals surface area (Å²) in [5, 5.41) is 5.32. The summed E-state index contributed by atoms with van der Waals surface area (Å²) in [5.74, 6) is -0.889. The molecule has 0 saturated carbocycles. The second-order valence-electron chi connectivity index (χ2n) is 6.07. The highest BCUT2D eigenvalue weighted by Gasteiger charge is 2.42. The Hall–Kier alpha value is -1.18. The van der Waals surface area contributed by atoms with Crippen LogP contribution in [-0.2, 0) is 11.3 Å². The lowest BCUT2D eigenvalue weighted by Gasteiger charge is -2.26. The van der Waals surface area contributed by atoms with Crippen LogP contribution in [0.25, 0.3) is 0 Å². The number of amides is 1. The molecule has 0 radical (unpaired) electrons. The van der Waals surface area contributed by atoms with Gasteiger partial charge in [-0.2, -0.15) is 11.8 Å². The highest BCUT2D eigenvalue weighted by molar-refractivity contribution is 7.99. The summed E-state index contributed by atoms with van der Waals surface area (Å²) in [4.78, 5) is 14.5. The Morgan fingerprint density at radius 3 is 2.87 bits per heavy atom. The molecule has 4 nitrogen and oxygen atoms in total. The van der Waals surface area contributed by atoms with Crippen molar-refractivity contribution in [3.05, 3.63) is 29.8 Å². The molecule has 2 saturated heterocycles. The third-order valence-corrected chi connectivity index (χ3v) is 5.07. The number of anilines is 1. The van der Waals surface area contributed by atoms with E-state index in [9.17, 15) is 13.6 Å². The summed E-state index contributed by atoms with van der Waals surface area (Å²) in [5.41, 5.74) is 1.79. The number of rotatable bonds is 4. The molecule has 2 aliphatic rings. The molecule has 2 N–H and O–H groups in total. The molecule has 0 bridgehead atoms. The summed E-state index contributed by atoms with van der Waals surface area (Å²) in [7, 11) is 0. The topological polar surface area (TPSA) is 44.4 Å².